The van der Waals surface area contributed by atoms with Crippen LogP contribution in [0.3, 0.4) is 0 Å². The smallest absolute Gasteiger partial charge is 0.0674 e. The predicted molar refractivity (Wildman–Crippen MR) is 42.1 cm³/mol. The lowest BCUT2D eigenvalue weighted by atomic mass is 10.3. The normalized spacial score (nSPS) is 28.3. The molecule has 0 bridgehead atoms. The van der Waals surface area contributed by atoms with Crippen molar-refractivity contribution in [2.24, 2.45) is 0 Å². The van der Waals surface area contributed by atoms with Crippen molar-refractivity contribution in [3.05, 3.63) is 12.7 Å². The topological polar surface area (TPSA) is 12.5 Å². The lowest BCUT2D eigenvalue weighted by Crippen LogP contribution is -2.40. The molecular weight excluding hydrogens is 126 g/mol. The van der Waals surface area contributed by atoms with Crippen LogP contribution in [0.5, 0.6) is 0 Å². The third-order valence-corrected chi connectivity index (χ3v) is 1.71. The van der Waals surface area contributed by atoms with Gasteiger partial charge in [0.2, 0.25) is 0 Å². The van der Waals surface area contributed by atoms with Crippen molar-refractivity contribution in [3.8, 4) is 0 Å². The molecule has 10 heavy (non-hydrogen) atoms. The first-order valence-electron chi connectivity index (χ1n) is 3.78. The van der Waals surface area contributed by atoms with Crippen LogP contribution in [0.1, 0.15) is 6.92 Å². The number of morpholine rings is 1. The van der Waals surface area contributed by atoms with E-state index in [1.54, 1.807) is 0 Å². The second-order valence-electron chi connectivity index (χ2n) is 2.73. The van der Waals surface area contributed by atoms with E-state index in [0.29, 0.717) is 6.10 Å². The number of ether oxygens (including phenoxy) is 1. The first-order valence-corrected chi connectivity index (χ1v) is 3.78. The molecule has 2 heteroatoms. The van der Waals surface area contributed by atoms with Gasteiger partial charge in [0.05, 0.1) is 12.7 Å². The van der Waals surface area contributed by atoms with Crippen LogP contribution in [0.2, 0.25) is 0 Å². The SMILES string of the molecule is C=CCN1CCOC(C)C1. The summed E-state index contributed by atoms with van der Waals surface area (Å²) in [5.41, 5.74) is 0. The number of nitrogens with zero attached hydrogens (tertiary/aromatic N) is 1. The molecule has 1 heterocycles. The van der Waals surface area contributed by atoms with Crippen molar-refractivity contribution in [2.45, 2.75) is 13.0 Å². The molecule has 0 aromatic carbocycles. The fourth-order valence-corrected chi connectivity index (χ4v) is 1.24. The van der Waals surface area contributed by atoms with Crippen LogP contribution in [0.4, 0.5) is 0 Å². The van der Waals surface area contributed by atoms with E-state index in [9.17, 15) is 0 Å². The van der Waals surface area contributed by atoms with E-state index in [1.165, 1.54) is 0 Å². The molecule has 1 fully saturated rings. The Hall–Kier alpha value is -0.340. The molecular formula is C8H15NO. The molecule has 0 aromatic rings. The summed E-state index contributed by atoms with van der Waals surface area (Å²) < 4.78 is 5.38. The van der Waals surface area contributed by atoms with Crippen LogP contribution in [-0.4, -0.2) is 37.2 Å². The molecule has 0 spiro atoms. The largest absolute Gasteiger partial charge is 0.376 e. The van der Waals surface area contributed by atoms with Gasteiger partial charge in [-0.2, -0.15) is 0 Å². The van der Waals surface area contributed by atoms with E-state index in [2.05, 4.69) is 18.4 Å². The van der Waals surface area contributed by atoms with Gasteiger partial charge >= 0.3 is 0 Å². The second-order valence-corrected chi connectivity index (χ2v) is 2.73. The Bertz CT molecular complexity index is 114. The first-order chi connectivity index (χ1) is 4.83. The van der Waals surface area contributed by atoms with Gasteiger partial charge < -0.3 is 4.74 Å². The third kappa shape index (κ3) is 2.12. The summed E-state index contributed by atoms with van der Waals surface area (Å²) in [7, 11) is 0. The molecule has 1 aliphatic rings. The van der Waals surface area contributed by atoms with Crippen LogP contribution < -0.4 is 0 Å². The number of hydrogen-bond donors (Lipinski definition) is 0. The Labute approximate surface area is 62.5 Å². The molecule has 0 amide bonds. The predicted octanol–water partition coefficient (Wildman–Crippen LogP) is 0.893. The molecule has 0 N–H and O–H groups in total. The van der Waals surface area contributed by atoms with Gasteiger partial charge in [-0.3, -0.25) is 4.90 Å². The van der Waals surface area contributed by atoms with Crippen LogP contribution >= 0.6 is 0 Å². The minimum atomic E-state index is 0.397. The zero-order valence-electron chi connectivity index (χ0n) is 6.55. The molecule has 1 aliphatic heterocycles. The van der Waals surface area contributed by atoms with Crippen molar-refractivity contribution in [1.82, 2.24) is 4.90 Å². The summed E-state index contributed by atoms with van der Waals surface area (Å²) in [6, 6.07) is 0. The van der Waals surface area contributed by atoms with Gasteiger partial charge in [-0.1, -0.05) is 6.08 Å². The summed E-state index contributed by atoms with van der Waals surface area (Å²) in [6.45, 7) is 9.77. The second kappa shape index (κ2) is 3.74. The highest BCUT2D eigenvalue weighted by molar-refractivity contribution is 4.76. The van der Waals surface area contributed by atoms with E-state index >= 15 is 0 Å². The third-order valence-electron chi connectivity index (χ3n) is 1.71. The average Bonchev–Trinajstić information content (AvgIpc) is 1.88. The van der Waals surface area contributed by atoms with Crippen molar-refractivity contribution in [3.63, 3.8) is 0 Å². The van der Waals surface area contributed by atoms with Gasteiger partial charge in [0.15, 0.2) is 0 Å². The Morgan fingerprint density at radius 1 is 1.80 bits per heavy atom. The maximum atomic E-state index is 5.38. The standard InChI is InChI=1S/C8H15NO/c1-3-4-9-5-6-10-8(2)7-9/h3,8H,1,4-7H2,2H3. The molecule has 0 saturated carbocycles. The Morgan fingerprint density at radius 2 is 2.60 bits per heavy atom. The Kier molecular flexibility index (Phi) is 2.90. The van der Waals surface area contributed by atoms with Gasteiger partial charge in [-0.05, 0) is 6.92 Å². The molecule has 1 rings (SSSR count). The summed E-state index contributed by atoms with van der Waals surface area (Å²) in [5.74, 6) is 0. The summed E-state index contributed by atoms with van der Waals surface area (Å²) in [5, 5.41) is 0. The van der Waals surface area contributed by atoms with Gasteiger partial charge in [-0.15, -0.1) is 6.58 Å². The van der Waals surface area contributed by atoms with Crippen LogP contribution in [0, 0.1) is 0 Å². The van der Waals surface area contributed by atoms with E-state index in [0.717, 1.165) is 26.2 Å². The molecule has 1 unspecified atom stereocenters. The zero-order chi connectivity index (χ0) is 7.40. The molecule has 2 nitrogen and oxygen atoms in total. The summed E-state index contributed by atoms with van der Waals surface area (Å²) in [6.07, 6.45) is 2.34. The monoisotopic (exact) mass is 141 g/mol. The van der Waals surface area contributed by atoms with Crippen LogP contribution in [0.15, 0.2) is 12.7 Å². The van der Waals surface area contributed by atoms with Gasteiger partial charge in [-0.25, -0.2) is 0 Å². The highest BCUT2D eigenvalue weighted by atomic mass is 16.5. The number of rotatable bonds is 2. The zero-order valence-corrected chi connectivity index (χ0v) is 6.55. The minimum Gasteiger partial charge on any atom is -0.376 e. The highest BCUT2D eigenvalue weighted by Gasteiger charge is 2.14. The number of hydrogen-bond acceptors (Lipinski definition) is 2. The fourth-order valence-electron chi connectivity index (χ4n) is 1.24. The molecule has 58 valence electrons. The van der Waals surface area contributed by atoms with E-state index in [1.807, 2.05) is 6.08 Å². The maximum absolute atomic E-state index is 5.38. The summed E-state index contributed by atoms with van der Waals surface area (Å²) in [4.78, 5) is 2.35. The quantitative estimate of drug-likeness (QED) is 0.530. The van der Waals surface area contributed by atoms with E-state index in [4.69, 9.17) is 4.74 Å². The van der Waals surface area contributed by atoms with Gasteiger partial charge in [0.1, 0.15) is 0 Å². The van der Waals surface area contributed by atoms with Gasteiger partial charge in [0, 0.05) is 19.6 Å². The van der Waals surface area contributed by atoms with Crippen LogP contribution in [-0.2, 0) is 4.74 Å². The lowest BCUT2D eigenvalue weighted by Gasteiger charge is -2.29. The molecule has 1 atom stereocenters. The average molecular weight is 141 g/mol. The molecule has 0 aromatic heterocycles. The minimum absolute atomic E-state index is 0.397. The van der Waals surface area contributed by atoms with Crippen LogP contribution in [0.25, 0.3) is 0 Å². The maximum Gasteiger partial charge on any atom is 0.0674 e. The van der Waals surface area contributed by atoms with Crippen molar-refractivity contribution in [2.75, 3.05) is 26.2 Å². The van der Waals surface area contributed by atoms with E-state index in [-0.39, 0.29) is 0 Å². The van der Waals surface area contributed by atoms with Crippen molar-refractivity contribution in [1.29, 1.82) is 0 Å². The lowest BCUT2D eigenvalue weighted by molar-refractivity contribution is -0.0140. The fraction of sp³-hybridized carbons (Fsp3) is 0.750. The Balaban J connectivity index is 2.24. The molecule has 0 radical (unpaired) electrons. The van der Waals surface area contributed by atoms with Gasteiger partial charge in [0.25, 0.3) is 0 Å². The van der Waals surface area contributed by atoms with Crippen molar-refractivity contribution < 1.29 is 4.74 Å². The molecule has 0 aliphatic carbocycles. The summed E-state index contributed by atoms with van der Waals surface area (Å²) >= 11 is 0. The molecule has 1 saturated heterocycles. The Morgan fingerprint density at radius 3 is 3.20 bits per heavy atom. The van der Waals surface area contributed by atoms with Crippen molar-refractivity contribution >= 4 is 0 Å². The first kappa shape index (κ1) is 7.76. The highest BCUT2D eigenvalue weighted by Crippen LogP contribution is 2.02. The van der Waals surface area contributed by atoms with E-state index < -0.39 is 0 Å².